The Morgan fingerprint density at radius 3 is 2.26 bits per heavy atom. The van der Waals surface area contributed by atoms with Gasteiger partial charge in [0.1, 0.15) is 5.82 Å². The quantitative estimate of drug-likeness (QED) is 0.837. The topological polar surface area (TPSA) is 37.3 Å². The van der Waals surface area contributed by atoms with Crippen LogP contribution in [0.2, 0.25) is 0 Å². The average Bonchev–Trinajstić information content (AvgIpc) is 2.80. The molecule has 0 amide bonds. The summed E-state index contributed by atoms with van der Waals surface area (Å²) in [6.45, 7) is 3.32. The molecule has 2 nitrogen and oxygen atoms in total. The van der Waals surface area contributed by atoms with Gasteiger partial charge in [0, 0.05) is 5.92 Å². The van der Waals surface area contributed by atoms with E-state index in [1.54, 1.807) is 13.8 Å². The van der Waals surface area contributed by atoms with Crippen molar-refractivity contribution < 1.29 is 27.5 Å². The first-order valence-electron chi connectivity index (χ1n) is 5.66. The molecule has 0 saturated heterocycles. The maximum atomic E-state index is 13.8. The van der Waals surface area contributed by atoms with Gasteiger partial charge in [-0.3, -0.25) is 4.79 Å². The Morgan fingerprint density at radius 2 is 1.89 bits per heavy atom. The summed E-state index contributed by atoms with van der Waals surface area (Å²) >= 11 is 0. The number of benzene rings is 1. The number of hydrogen-bond acceptors (Lipinski definition) is 1. The first-order chi connectivity index (χ1) is 8.56. The minimum absolute atomic E-state index is 0.0328. The van der Waals surface area contributed by atoms with Crippen LogP contribution in [0.3, 0.4) is 0 Å². The Hall–Kier alpha value is -1.59. The van der Waals surface area contributed by atoms with E-state index in [9.17, 15) is 22.4 Å². The zero-order chi connectivity index (χ0) is 14.6. The van der Waals surface area contributed by atoms with Crippen molar-refractivity contribution in [1.82, 2.24) is 0 Å². The van der Waals surface area contributed by atoms with Gasteiger partial charge in [0.25, 0.3) is 0 Å². The van der Waals surface area contributed by atoms with Crippen molar-refractivity contribution in [2.45, 2.75) is 25.9 Å². The first kappa shape index (κ1) is 13.8. The lowest BCUT2D eigenvalue weighted by Gasteiger charge is -2.09. The number of rotatable bonds is 2. The summed E-state index contributed by atoms with van der Waals surface area (Å²) in [4.78, 5) is 11.0. The number of carboxylic acids is 1. The number of carboxylic acid groups (broad SMARTS) is 1. The van der Waals surface area contributed by atoms with Gasteiger partial charge in [-0.15, -0.1) is 0 Å². The van der Waals surface area contributed by atoms with E-state index in [1.807, 2.05) is 0 Å². The van der Waals surface area contributed by atoms with Crippen LogP contribution >= 0.6 is 0 Å². The largest absolute Gasteiger partial charge is 0.481 e. The van der Waals surface area contributed by atoms with Crippen molar-refractivity contribution in [2.75, 3.05) is 0 Å². The molecule has 0 aromatic heterocycles. The molecule has 1 aliphatic rings. The van der Waals surface area contributed by atoms with Crippen LogP contribution < -0.4 is 0 Å². The lowest BCUT2D eigenvalue weighted by atomic mass is 10.0. The SMILES string of the molecule is CC1(C)[C@H](C(=O)O)[C@H]1c1ccc(C(F)(F)F)cc1F. The minimum Gasteiger partial charge on any atom is -0.481 e. The predicted octanol–water partition coefficient (Wildman–Crippen LogP) is 3.67. The molecular formula is C13H12F4O2. The maximum Gasteiger partial charge on any atom is 0.416 e. The van der Waals surface area contributed by atoms with E-state index in [2.05, 4.69) is 0 Å². The van der Waals surface area contributed by atoms with Crippen LogP contribution in [0.25, 0.3) is 0 Å². The van der Waals surface area contributed by atoms with Crippen molar-refractivity contribution in [1.29, 1.82) is 0 Å². The zero-order valence-electron chi connectivity index (χ0n) is 10.3. The molecule has 1 fully saturated rings. The predicted molar refractivity (Wildman–Crippen MR) is 59.0 cm³/mol. The number of alkyl halides is 3. The second kappa shape index (κ2) is 3.95. The Balaban J connectivity index is 2.37. The Bertz CT molecular complexity index is 534. The fourth-order valence-electron chi connectivity index (χ4n) is 2.63. The number of hydrogen-bond donors (Lipinski definition) is 1. The van der Waals surface area contributed by atoms with Crippen molar-refractivity contribution in [3.63, 3.8) is 0 Å². The number of carbonyl (C=O) groups is 1. The summed E-state index contributed by atoms with van der Waals surface area (Å²) in [7, 11) is 0. The second-order valence-electron chi connectivity index (χ2n) is 5.35. The molecule has 1 aromatic carbocycles. The molecule has 6 heteroatoms. The summed E-state index contributed by atoms with van der Waals surface area (Å²) in [5.41, 5.74) is -1.68. The molecule has 1 aromatic rings. The lowest BCUT2D eigenvalue weighted by Crippen LogP contribution is -2.06. The molecule has 104 valence electrons. The molecule has 1 saturated carbocycles. The van der Waals surface area contributed by atoms with Crippen molar-refractivity contribution >= 4 is 5.97 Å². The Kier molecular flexibility index (Phi) is 2.88. The highest BCUT2D eigenvalue weighted by Gasteiger charge is 2.63. The van der Waals surface area contributed by atoms with E-state index in [-0.39, 0.29) is 5.56 Å². The molecule has 2 atom stereocenters. The van der Waals surface area contributed by atoms with Crippen molar-refractivity contribution in [3.05, 3.63) is 35.1 Å². The second-order valence-corrected chi connectivity index (χ2v) is 5.35. The Labute approximate surface area is 107 Å². The normalized spacial score (nSPS) is 25.2. The van der Waals surface area contributed by atoms with Gasteiger partial charge in [0.15, 0.2) is 0 Å². The highest BCUT2D eigenvalue weighted by atomic mass is 19.4. The third kappa shape index (κ3) is 2.19. The summed E-state index contributed by atoms with van der Waals surface area (Å²) in [5.74, 6) is -3.42. The lowest BCUT2D eigenvalue weighted by molar-refractivity contribution is -0.139. The number of halogens is 4. The van der Waals surface area contributed by atoms with Gasteiger partial charge in [0.05, 0.1) is 11.5 Å². The van der Waals surface area contributed by atoms with Crippen LogP contribution in [-0.2, 0) is 11.0 Å². The van der Waals surface area contributed by atoms with Crippen LogP contribution in [-0.4, -0.2) is 11.1 Å². The van der Waals surface area contributed by atoms with E-state index >= 15 is 0 Å². The third-order valence-electron chi connectivity index (χ3n) is 3.76. The standard InChI is InChI=1S/C13H12F4O2/c1-12(2)9(10(12)11(18)19)7-4-3-6(5-8(7)14)13(15,16)17/h3-5,9-10H,1-2H3,(H,18,19)/t9-,10+/m1/s1. The van der Waals surface area contributed by atoms with Crippen molar-refractivity contribution in [3.8, 4) is 0 Å². The molecule has 0 aliphatic heterocycles. The van der Waals surface area contributed by atoms with Gasteiger partial charge in [-0.2, -0.15) is 13.2 Å². The molecule has 19 heavy (non-hydrogen) atoms. The maximum absolute atomic E-state index is 13.8. The smallest absolute Gasteiger partial charge is 0.416 e. The highest BCUT2D eigenvalue weighted by molar-refractivity contribution is 5.77. The summed E-state index contributed by atoms with van der Waals surface area (Å²) in [5, 5.41) is 8.99. The molecule has 0 unspecified atom stereocenters. The summed E-state index contributed by atoms with van der Waals surface area (Å²) < 4.78 is 51.0. The van der Waals surface area contributed by atoms with E-state index < -0.39 is 40.8 Å². The van der Waals surface area contributed by atoms with Crippen LogP contribution in [0.4, 0.5) is 17.6 Å². The molecular weight excluding hydrogens is 264 g/mol. The zero-order valence-corrected chi connectivity index (χ0v) is 10.3. The van der Waals surface area contributed by atoms with E-state index in [0.29, 0.717) is 6.07 Å². The fourth-order valence-corrected chi connectivity index (χ4v) is 2.63. The fraction of sp³-hybridized carbons (Fsp3) is 0.462. The molecule has 0 spiro atoms. The van der Waals surface area contributed by atoms with E-state index in [4.69, 9.17) is 5.11 Å². The van der Waals surface area contributed by atoms with E-state index in [0.717, 1.165) is 12.1 Å². The van der Waals surface area contributed by atoms with Crippen LogP contribution in [0, 0.1) is 17.2 Å². The van der Waals surface area contributed by atoms with Gasteiger partial charge < -0.3 is 5.11 Å². The van der Waals surface area contributed by atoms with Crippen LogP contribution in [0.5, 0.6) is 0 Å². The minimum atomic E-state index is -4.61. The summed E-state index contributed by atoms with van der Waals surface area (Å²) in [6, 6.07) is 2.24. The first-order valence-corrected chi connectivity index (χ1v) is 5.66. The van der Waals surface area contributed by atoms with Gasteiger partial charge in [-0.1, -0.05) is 19.9 Å². The molecule has 0 bridgehead atoms. The number of aliphatic carboxylic acids is 1. The molecule has 1 aliphatic carbocycles. The molecule has 1 N–H and O–H groups in total. The van der Waals surface area contributed by atoms with Crippen LogP contribution in [0.15, 0.2) is 18.2 Å². The molecule has 2 rings (SSSR count). The van der Waals surface area contributed by atoms with Gasteiger partial charge in [-0.05, 0) is 23.1 Å². The third-order valence-corrected chi connectivity index (χ3v) is 3.76. The monoisotopic (exact) mass is 276 g/mol. The van der Waals surface area contributed by atoms with E-state index in [1.165, 1.54) is 0 Å². The average molecular weight is 276 g/mol. The summed E-state index contributed by atoms with van der Waals surface area (Å²) in [6.07, 6.45) is -4.61. The van der Waals surface area contributed by atoms with Gasteiger partial charge in [0.2, 0.25) is 0 Å². The van der Waals surface area contributed by atoms with Gasteiger partial charge in [-0.25, -0.2) is 4.39 Å². The van der Waals surface area contributed by atoms with Gasteiger partial charge >= 0.3 is 12.1 Å². The van der Waals surface area contributed by atoms with Crippen LogP contribution in [0.1, 0.15) is 30.9 Å². The van der Waals surface area contributed by atoms with Crippen molar-refractivity contribution in [2.24, 2.45) is 11.3 Å². The molecule has 0 radical (unpaired) electrons. The highest BCUT2D eigenvalue weighted by Crippen LogP contribution is 2.64. The Morgan fingerprint density at radius 1 is 1.32 bits per heavy atom. The molecule has 0 heterocycles.